The summed E-state index contributed by atoms with van der Waals surface area (Å²) in [4.78, 5) is 13.9. The van der Waals surface area contributed by atoms with E-state index >= 15 is 0 Å². The second-order valence-corrected chi connectivity index (χ2v) is 5.04. The summed E-state index contributed by atoms with van der Waals surface area (Å²) in [6.45, 7) is 3.12. The molecule has 2 nitrogen and oxygen atoms in total. The van der Waals surface area contributed by atoms with Gasteiger partial charge in [-0.2, -0.15) is 0 Å². The van der Waals surface area contributed by atoms with Crippen LogP contribution in [-0.2, 0) is 4.79 Å². The van der Waals surface area contributed by atoms with Crippen molar-refractivity contribution in [2.24, 2.45) is 5.41 Å². The van der Waals surface area contributed by atoms with Crippen LogP contribution in [0.5, 0.6) is 0 Å². The van der Waals surface area contributed by atoms with E-state index in [0.717, 1.165) is 19.4 Å². The summed E-state index contributed by atoms with van der Waals surface area (Å²) in [5.74, 6) is 0.345. The molecule has 1 aliphatic carbocycles. The van der Waals surface area contributed by atoms with E-state index in [1.165, 1.54) is 30.5 Å². The third-order valence-electron chi connectivity index (χ3n) is 3.93. The quantitative estimate of drug-likeness (QED) is 0.574. The summed E-state index contributed by atoms with van der Waals surface area (Å²) >= 11 is 0. The molecule has 1 radical (unpaired) electrons. The molecule has 1 unspecified atom stereocenters. The Bertz CT molecular complexity index is 327. The van der Waals surface area contributed by atoms with Crippen LogP contribution in [0.4, 0.5) is 0 Å². The predicted octanol–water partition coefficient (Wildman–Crippen LogP) is 2.27. The van der Waals surface area contributed by atoms with Crippen molar-refractivity contribution in [1.29, 1.82) is 0 Å². The van der Waals surface area contributed by atoms with Gasteiger partial charge in [0.25, 0.3) is 0 Å². The first kappa shape index (κ1) is 8.51. The van der Waals surface area contributed by atoms with E-state index < -0.39 is 0 Å². The molecule has 1 amide bonds. The van der Waals surface area contributed by atoms with Gasteiger partial charge in [0, 0.05) is 24.1 Å². The monoisotopic (exact) mass is 190 g/mol. The minimum absolute atomic E-state index is 0.193. The molecular weight excluding hydrogens is 174 g/mol. The lowest BCUT2D eigenvalue weighted by Crippen LogP contribution is -2.33. The Labute approximate surface area is 85.0 Å². The molecule has 75 valence electrons. The number of amides is 1. The fraction of sp³-hybridized carbons (Fsp3) is 0.667. The molecule has 3 aliphatic rings. The molecule has 0 bridgehead atoms. The van der Waals surface area contributed by atoms with Gasteiger partial charge in [-0.25, -0.2) is 0 Å². The molecule has 0 N–H and O–H groups in total. The summed E-state index contributed by atoms with van der Waals surface area (Å²) in [5.41, 5.74) is 3.13. The number of nitrogens with zero attached hydrogens (tertiary/aromatic N) is 1. The van der Waals surface area contributed by atoms with E-state index in [4.69, 9.17) is 0 Å². The van der Waals surface area contributed by atoms with Crippen molar-refractivity contribution < 1.29 is 4.79 Å². The highest BCUT2D eigenvalue weighted by Crippen LogP contribution is 2.52. The van der Waals surface area contributed by atoms with Gasteiger partial charge >= 0.3 is 0 Å². The zero-order valence-electron chi connectivity index (χ0n) is 8.68. The molecular formula is C12H16NO. The van der Waals surface area contributed by atoms with Crippen molar-refractivity contribution in [2.45, 2.75) is 39.0 Å². The third-order valence-corrected chi connectivity index (χ3v) is 3.93. The largest absolute Gasteiger partial charge is 0.315 e. The zero-order valence-corrected chi connectivity index (χ0v) is 8.68. The molecule has 0 saturated carbocycles. The highest BCUT2D eigenvalue weighted by Gasteiger charge is 2.47. The summed E-state index contributed by atoms with van der Waals surface area (Å²) < 4.78 is 0. The van der Waals surface area contributed by atoms with E-state index in [1.54, 1.807) is 0 Å². The topological polar surface area (TPSA) is 20.3 Å². The number of hydrogen-bond donors (Lipinski definition) is 0. The molecule has 0 spiro atoms. The maximum atomic E-state index is 11.8. The van der Waals surface area contributed by atoms with Gasteiger partial charge in [-0.3, -0.25) is 4.79 Å². The van der Waals surface area contributed by atoms with Crippen LogP contribution in [0.25, 0.3) is 0 Å². The highest BCUT2D eigenvalue weighted by atomic mass is 16.2. The lowest BCUT2D eigenvalue weighted by atomic mass is 9.73. The third kappa shape index (κ3) is 0.943. The fourth-order valence-electron chi connectivity index (χ4n) is 3.36. The van der Waals surface area contributed by atoms with Crippen LogP contribution in [0.2, 0.25) is 0 Å². The Hall–Kier alpha value is -0.790. The highest BCUT2D eigenvalue weighted by molar-refractivity contribution is 5.84. The van der Waals surface area contributed by atoms with Gasteiger partial charge in [0.05, 0.1) is 0 Å². The van der Waals surface area contributed by atoms with Crippen molar-refractivity contribution in [3.05, 3.63) is 17.7 Å². The van der Waals surface area contributed by atoms with Crippen molar-refractivity contribution in [1.82, 2.24) is 4.90 Å². The molecule has 1 saturated heterocycles. The molecule has 1 fully saturated rings. The Morgan fingerprint density at radius 1 is 1.50 bits per heavy atom. The lowest BCUT2D eigenvalue weighted by Gasteiger charge is -2.37. The van der Waals surface area contributed by atoms with Crippen LogP contribution >= 0.6 is 0 Å². The first-order valence-corrected chi connectivity index (χ1v) is 5.55. The standard InChI is InChI=1S/C12H16NO/c1-12-6-2-4-9-5-3-7-13(11(9)12)10(14)8-12/h3H,2,4-8H2,1H3. The van der Waals surface area contributed by atoms with Gasteiger partial charge in [-0.05, 0) is 37.7 Å². The van der Waals surface area contributed by atoms with Crippen LogP contribution in [0, 0.1) is 11.8 Å². The van der Waals surface area contributed by atoms with Gasteiger partial charge in [-0.1, -0.05) is 6.92 Å². The second kappa shape index (κ2) is 2.62. The Kier molecular flexibility index (Phi) is 1.59. The van der Waals surface area contributed by atoms with Gasteiger partial charge in [-0.15, -0.1) is 0 Å². The Morgan fingerprint density at radius 2 is 2.36 bits per heavy atom. The second-order valence-electron chi connectivity index (χ2n) is 5.04. The van der Waals surface area contributed by atoms with E-state index in [2.05, 4.69) is 13.3 Å². The molecule has 2 aliphatic heterocycles. The first-order chi connectivity index (χ1) is 6.71. The van der Waals surface area contributed by atoms with Crippen LogP contribution in [-0.4, -0.2) is 17.4 Å². The number of rotatable bonds is 0. The fourth-order valence-corrected chi connectivity index (χ4v) is 3.36. The molecule has 0 aromatic carbocycles. The van der Waals surface area contributed by atoms with Crippen LogP contribution in [0.1, 0.15) is 39.0 Å². The average molecular weight is 190 g/mol. The van der Waals surface area contributed by atoms with Gasteiger partial charge in [0.15, 0.2) is 0 Å². The Morgan fingerprint density at radius 3 is 3.21 bits per heavy atom. The molecule has 0 aromatic rings. The summed E-state index contributed by atoms with van der Waals surface area (Å²) in [7, 11) is 0. The maximum Gasteiger partial charge on any atom is 0.227 e. The minimum atomic E-state index is 0.193. The number of carbonyl (C=O) groups is 1. The van der Waals surface area contributed by atoms with E-state index in [1.807, 2.05) is 4.90 Å². The summed E-state index contributed by atoms with van der Waals surface area (Å²) in [5, 5.41) is 0. The molecule has 1 atom stereocenters. The SMILES string of the molecule is CC12CCCC3=C1N(C[CH]C3)C(=O)C2. The van der Waals surface area contributed by atoms with E-state index in [9.17, 15) is 4.79 Å². The molecule has 14 heavy (non-hydrogen) atoms. The van der Waals surface area contributed by atoms with E-state index in [-0.39, 0.29) is 5.41 Å². The maximum absolute atomic E-state index is 11.8. The van der Waals surface area contributed by atoms with Gasteiger partial charge in [0.2, 0.25) is 5.91 Å². The van der Waals surface area contributed by atoms with Crippen molar-refractivity contribution in [2.75, 3.05) is 6.54 Å². The predicted molar refractivity (Wildman–Crippen MR) is 54.2 cm³/mol. The van der Waals surface area contributed by atoms with E-state index in [0.29, 0.717) is 5.91 Å². The molecule has 3 rings (SSSR count). The molecule has 0 aromatic heterocycles. The summed E-state index contributed by atoms with van der Waals surface area (Å²) in [6.07, 6.45) is 7.80. The first-order valence-electron chi connectivity index (χ1n) is 5.55. The molecule has 2 heterocycles. The van der Waals surface area contributed by atoms with Crippen LogP contribution in [0.15, 0.2) is 11.3 Å². The number of allylic oxidation sites excluding steroid dienone is 2. The van der Waals surface area contributed by atoms with Crippen LogP contribution in [0.3, 0.4) is 0 Å². The lowest BCUT2D eigenvalue weighted by molar-refractivity contribution is -0.126. The van der Waals surface area contributed by atoms with Gasteiger partial charge in [0.1, 0.15) is 0 Å². The minimum Gasteiger partial charge on any atom is -0.315 e. The van der Waals surface area contributed by atoms with Gasteiger partial charge < -0.3 is 4.90 Å². The smallest absolute Gasteiger partial charge is 0.227 e. The number of hydrogen-bond acceptors (Lipinski definition) is 1. The van der Waals surface area contributed by atoms with Crippen molar-refractivity contribution in [3.63, 3.8) is 0 Å². The molecule has 2 heteroatoms. The van der Waals surface area contributed by atoms with Crippen molar-refractivity contribution in [3.8, 4) is 0 Å². The normalized spacial score (nSPS) is 36.4. The number of carbonyl (C=O) groups excluding carboxylic acids is 1. The zero-order chi connectivity index (χ0) is 9.76. The average Bonchev–Trinajstić information content (AvgIpc) is 2.41. The summed E-state index contributed by atoms with van der Waals surface area (Å²) in [6, 6.07) is 0. The Balaban J connectivity index is 2.14. The van der Waals surface area contributed by atoms with Crippen LogP contribution < -0.4 is 0 Å². The van der Waals surface area contributed by atoms with Crippen molar-refractivity contribution >= 4 is 5.91 Å².